The maximum atomic E-state index is 6.61. The van der Waals surface area contributed by atoms with Gasteiger partial charge in [0.2, 0.25) is 0 Å². The van der Waals surface area contributed by atoms with Gasteiger partial charge in [0.1, 0.15) is 11.2 Å². The molecule has 2 nitrogen and oxygen atoms in total. The first-order valence-corrected chi connectivity index (χ1v) is 11.7. The third-order valence-electron chi connectivity index (χ3n) is 7.33. The number of nitrogens with zero attached hydrogens (tertiary/aromatic N) is 1. The number of hydrogen-bond donors (Lipinski definition) is 0. The quantitative estimate of drug-likeness (QED) is 0.271. The van der Waals surface area contributed by atoms with Crippen LogP contribution in [-0.4, -0.2) is 4.98 Å². The molecule has 0 fully saturated rings. The Kier molecular flexibility index (Phi) is 3.93. The Morgan fingerprint density at radius 3 is 2.32 bits per heavy atom. The van der Waals surface area contributed by atoms with Crippen LogP contribution in [0.1, 0.15) is 25.0 Å². The highest BCUT2D eigenvalue weighted by Gasteiger charge is 2.38. The molecule has 0 unspecified atom stereocenters. The molecule has 162 valence electrons. The molecule has 4 aromatic carbocycles. The molecule has 6 aromatic rings. The van der Waals surface area contributed by atoms with Crippen molar-refractivity contribution in [1.29, 1.82) is 0 Å². The van der Waals surface area contributed by atoms with Crippen LogP contribution in [0.4, 0.5) is 0 Å². The molecule has 2 heteroatoms. The van der Waals surface area contributed by atoms with Gasteiger partial charge in [0, 0.05) is 33.5 Å². The molecule has 0 saturated heterocycles. The van der Waals surface area contributed by atoms with Crippen LogP contribution in [0.25, 0.3) is 55.4 Å². The summed E-state index contributed by atoms with van der Waals surface area (Å²) in [5.74, 6) is 0. The lowest BCUT2D eigenvalue weighted by molar-refractivity contribution is 0.653. The topological polar surface area (TPSA) is 26.0 Å². The third kappa shape index (κ3) is 2.60. The highest BCUT2D eigenvalue weighted by atomic mass is 16.3. The average molecular weight is 438 g/mol. The van der Waals surface area contributed by atoms with Crippen LogP contribution in [0, 0.1) is 0 Å². The second kappa shape index (κ2) is 6.91. The summed E-state index contributed by atoms with van der Waals surface area (Å²) in [6.45, 7) is 4.63. The summed E-state index contributed by atoms with van der Waals surface area (Å²) in [6.07, 6.45) is 1.92. The van der Waals surface area contributed by atoms with E-state index >= 15 is 0 Å². The zero-order valence-electron chi connectivity index (χ0n) is 19.2. The Hall–Kier alpha value is -4.17. The van der Waals surface area contributed by atoms with E-state index in [9.17, 15) is 0 Å². The Balaban J connectivity index is 1.60. The van der Waals surface area contributed by atoms with E-state index < -0.39 is 0 Å². The number of rotatable bonds is 2. The fourth-order valence-corrected chi connectivity index (χ4v) is 5.64. The first-order chi connectivity index (χ1) is 16.6. The molecule has 2 heterocycles. The SMILES string of the molecule is CC1(C)c2ccccc2-c2c1cc(-c1ccnc(-c3ccccc3)c1)c1c2oc2ccccc21. The molecule has 0 saturated carbocycles. The van der Waals surface area contributed by atoms with Gasteiger partial charge in [0.25, 0.3) is 0 Å². The van der Waals surface area contributed by atoms with Gasteiger partial charge in [-0.25, -0.2) is 0 Å². The van der Waals surface area contributed by atoms with Crippen molar-refractivity contribution in [3.05, 3.63) is 114 Å². The van der Waals surface area contributed by atoms with Crippen LogP contribution < -0.4 is 0 Å². The summed E-state index contributed by atoms with van der Waals surface area (Å²) in [5.41, 5.74) is 11.4. The van der Waals surface area contributed by atoms with Crippen molar-refractivity contribution in [2.24, 2.45) is 0 Å². The first kappa shape index (κ1) is 19.3. The van der Waals surface area contributed by atoms with E-state index in [4.69, 9.17) is 4.42 Å². The molecule has 0 N–H and O–H groups in total. The predicted octanol–water partition coefficient (Wildman–Crippen LogP) is 8.62. The standard InChI is InChI=1S/C32H23NO/c1-32(2)25-14-8-6-12-22(25)30-26(32)19-24(29-23-13-7-9-15-28(23)34-31(29)30)21-16-17-33-27(18-21)20-10-4-3-5-11-20/h3-19H,1-2H3. The molecule has 0 spiro atoms. The zero-order chi connectivity index (χ0) is 22.9. The van der Waals surface area contributed by atoms with Gasteiger partial charge >= 0.3 is 0 Å². The Morgan fingerprint density at radius 1 is 0.676 bits per heavy atom. The molecule has 0 bridgehead atoms. The van der Waals surface area contributed by atoms with Gasteiger partial charge in [0.05, 0.1) is 5.69 Å². The largest absolute Gasteiger partial charge is 0.455 e. The van der Waals surface area contributed by atoms with Gasteiger partial charge in [-0.3, -0.25) is 4.98 Å². The number of para-hydroxylation sites is 1. The van der Waals surface area contributed by atoms with E-state index in [0.29, 0.717) is 0 Å². The van der Waals surface area contributed by atoms with E-state index in [1.807, 2.05) is 18.3 Å². The zero-order valence-corrected chi connectivity index (χ0v) is 19.2. The second-order valence-corrected chi connectivity index (χ2v) is 9.62. The second-order valence-electron chi connectivity index (χ2n) is 9.62. The van der Waals surface area contributed by atoms with Gasteiger partial charge in [0.15, 0.2) is 0 Å². The van der Waals surface area contributed by atoms with Gasteiger partial charge in [-0.1, -0.05) is 86.6 Å². The maximum Gasteiger partial charge on any atom is 0.144 e. The van der Waals surface area contributed by atoms with Crippen molar-refractivity contribution >= 4 is 21.9 Å². The number of fused-ring (bicyclic) bond motifs is 7. The monoisotopic (exact) mass is 437 g/mol. The molecule has 0 radical (unpaired) electrons. The third-order valence-corrected chi connectivity index (χ3v) is 7.33. The summed E-state index contributed by atoms with van der Waals surface area (Å²) < 4.78 is 6.61. The highest BCUT2D eigenvalue weighted by molar-refractivity contribution is 6.18. The molecule has 34 heavy (non-hydrogen) atoms. The number of pyridine rings is 1. The number of benzene rings is 4. The van der Waals surface area contributed by atoms with Crippen molar-refractivity contribution in [2.45, 2.75) is 19.3 Å². The Bertz CT molecular complexity index is 1720. The Morgan fingerprint density at radius 2 is 1.44 bits per heavy atom. The molecular formula is C32H23NO. The number of aromatic nitrogens is 1. The summed E-state index contributed by atoms with van der Waals surface area (Å²) in [6, 6.07) is 34.2. The summed E-state index contributed by atoms with van der Waals surface area (Å²) in [7, 11) is 0. The smallest absolute Gasteiger partial charge is 0.144 e. The van der Waals surface area contributed by atoms with Gasteiger partial charge in [-0.2, -0.15) is 0 Å². The molecule has 0 aliphatic heterocycles. The molecule has 0 amide bonds. The summed E-state index contributed by atoms with van der Waals surface area (Å²) in [4.78, 5) is 4.68. The van der Waals surface area contributed by atoms with Crippen molar-refractivity contribution in [3.63, 3.8) is 0 Å². The molecular weight excluding hydrogens is 414 g/mol. The lowest BCUT2D eigenvalue weighted by Crippen LogP contribution is -2.15. The maximum absolute atomic E-state index is 6.61. The highest BCUT2D eigenvalue weighted by Crippen LogP contribution is 2.54. The van der Waals surface area contributed by atoms with E-state index in [0.717, 1.165) is 33.4 Å². The average Bonchev–Trinajstić information content (AvgIpc) is 3.38. The van der Waals surface area contributed by atoms with Crippen molar-refractivity contribution in [2.75, 3.05) is 0 Å². The molecule has 2 aromatic heterocycles. The molecule has 1 aliphatic carbocycles. The van der Waals surface area contributed by atoms with Crippen molar-refractivity contribution in [3.8, 4) is 33.5 Å². The van der Waals surface area contributed by atoms with Gasteiger partial charge in [-0.15, -0.1) is 0 Å². The van der Waals surface area contributed by atoms with Gasteiger partial charge < -0.3 is 4.42 Å². The van der Waals surface area contributed by atoms with Crippen LogP contribution in [0.15, 0.2) is 108 Å². The van der Waals surface area contributed by atoms with Crippen molar-refractivity contribution < 1.29 is 4.42 Å². The summed E-state index contributed by atoms with van der Waals surface area (Å²) >= 11 is 0. The fourth-order valence-electron chi connectivity index (χ4n) is 5.64. The van der Waals surface area contributed by atoms with E-state index in [1.54, 1.807) is 0 Å². The van der Waals surface area contributed by atoms with Crippen LogP contribution in [0.2, 0.25) is 0 Å². The summed E-state index contributed by atoms with van der Waals surface area (Å²) in [5, 5.41) is 2.32. The molecule has 7 rings (SSSR count). The van der Waals surface area contributed by atoms with Crippen LogP contribution >= 0.6 is 0 Å². The molecule has 0 atom stereocenters. The van der Waals surface area contributed by atoms with E-state index in [-0.39, 0.29) is 5.41 Å². The fraction of sp³-hybridized carbons (Fsp3) is 0.0938. The number of hydrogen-bond acceptors (Lipinski definition) is 2. The predicted molar refractivity (Wildman–Crippen MR) is 140 cm³/mol. The van der Waals surface area contributed by atoms with Gasteiger partial charge in [-0.05, 0) is 52.1 Å². The van der Waals surface area contributed by atoms with Crippen LogP contribution in [0.5, 0.6) is 0 Å². The minimum atomic E-state index is -0.108. The first-order valence-electron chi connectivity index (χ1n) is 11.7. The van der Waals surface area contributed by atoms with E-state index in [1.165, 1.54) is 33.2 Å². The van der Waals surface area contributed by atoms with Crippen LogP contribution in [0.3, 0.4) is 0 Å². The van der Waals surface area contributed by atoms with Crippen molar-refractivity contribution in [1.82, 2.24) is 4.98 Å². The molecule has 1 aliphatic rings. The van der Waals surface area contributed by atoms with Crippen LogP contribution in [-0.2, 0) is 5.41 Å². The minimum Gasteiger partial charge on any atom is -0.455 e. The minimum absolute atomic E-state index is 0.108. The van der Waals surface area contributed by atoms with E-state index in [2.05, 4.69) is 104 Å². The lowest BCUT2D eigenvalue weighted by atomic mass is 9.81. The number of furan rings is 1. The normalized spacial score (nSPS) is 13.8. The lowest BCUT2D eigenvalue weighted by Gasteiger charge is -2.22. The Labute approximate surface area is 198 Å².